The van der Waals surface area contributed by atoms with Crippen molar-refractivity contribution in [3.63, 3.8) is 0 Å². The summed E-state index contributed by atoms with van der Waals surface area (Å²) < 4.78 is 16.2. The van der Waals surface area contributed by atoms with Crippen LogP contribution in [0.25, 0.3) is 0 Å². The van der Waals surface area contributed by atoms with E-state index in [0.29, 0.717) is 42.7 Å². The molecular weight excluding hydrogens is 332 g/mol. The molecule has 1 aliphatic heterocycles. The first kappa shape index (κ1) is 20.4. The van der Waals surface area contributed by atoms with Crippen molar-refractivity contribution in [2.24, 2.45) is 5.92 Å². The molecule has 0 saturated carbocycles. The standard InChI is InChI=1S/C20H32N2O4/c1-22(20(23)6-5-16-7-9-21-10-8-16)11-4-12-26-19-14-17(24-2)13-18(15-19)25-3/h13-16,21H,4-12H2,1-3H3. The van der Waals surface area contributed by atoms with Crippen molar-refractivity contribution in [1.29, 1.82) is 0 Å². The molecule has 26 heavy (non-hydrogen) atoms. The molecule has 0 spiro atoms. The third-order valence-corrected chi connectivity index (χ3v) is 4.88. The van der Waals surface area contributed by atoms with Gasteiger partial charge in [-0.25, -0.2) is 0 Å². The van der Waals surface area contributed by atoms with Crippen LogP contribution in [0.1, 0.15) is 32.1 Å². The minimum absolute atomic E-state index is 0.228. The number of carbonyl (C=O) groups is 1. The smallest absolute Gasteiger partial charge is 0.222 e. The van der Waals surface area contributed by atoms with E-state index < -0.39 is 0 Å². The minimum atomic E-state index is 0.228. The lowest BCUT2D eigenvalue weighted by Crippen LogP contribution is -2.31. The number of nitrogens with zero attached hydrogens (tertiary/aromatic N) is 1. The maximum absolute atomic E-state index is 12.3. The van der Waals surface area contributed by atoms with Crippen molar-refractivity contribution in [3.05, 3.63) is 18.2 Å². The number of benzene rings is 1. The Hall–Kier alpha value is -1.95. The van der Waals surface area contributed by atoms with Crippen molar-refractivity contribution in [2.75, 3.05) is 47.5 Å². The summed E-state index contributed by atoms with van der Waals surface area (Å²) in [5.41, 5.74) is 0. The molecule has 2 rings (SSSR count). The number of amides is 1. The molecule has 6 nitrogen and oxygen atoms in total. The molecule has 146 valence electrons. The highest BCUT2D eigenvalue weighted by molar-refractivity contribution is 5.75. The van der Waals surface area contributed by atoms with E-state index in [1.807, 2.05) is 30.1 Å². The molecule has 0 radical (unpaired) electrons. The van der Waals surface area contributed by atoms with Gasteiger partial charge in [-0.05, 0) is 44.7 Å². The van der Waals surface area contributed by atoms with Crippen LogP contribution in [0, 0.1) is 5.92 Å². The molecule has 1 amide bonds. The molecular formula is C20H32N2O4. The second-order valence-electron chi connectivity index (χ2n) is 6.80. The van der Waals surface area contributed by atoms with Gasteiger partial charge in [-0.3, -0.25) is 4.79 Å². The summed E-state index contributed by atoms with van der Waals surface area (Å²) in [6, 6.07) is 5.47. The maximum atomic E-state index is 12.3. The van der Waals surface area contributed by atoms with Crippen LogP contribution >= 0.6 is 0 Å². The Kier molecular flexibility index (Phi) is 8.54. The Morgan fingerprint density at radius 3 is 2.35 bits per heavy atom. The third kappa shape index (κ3) is 6.75. The van der Waals surface area contributed by atoms with Gasteiger partial charge in [-0.15, -0.1) is 0 Å². The fourth-order valence-electron chi connectivity index (χ4n) is 3.17. The van der Waals surface area contributed by atoms with Gasteiger partial charge in [-0.1, -0.05) is 0 Å². The zero-order chi connectivity index (χ0) is 18.8. The van der Waals surface area contributed by atoms with Gasteiger partial charge >= 0.3 is 0 Å². The van der Waals surface area contributed by atoms with Crippen LogP contribution in [0.3, 0.4) is 0 Å². The van der Waals surface area contributed by atoms with Crippen LogP contribution in [0.15, 0.2) is 18.2 Å². The summed E-state index contributed by atoms with van der Waals surface area (Å²) in [5, 5.41) is 3.36. The number of ether oxygens (including phenoxy) is 3. The number of hydrogen-bond acceptors (Lipinski definition) is 5. The zero-order valence-corrected chi connectivity index (χ0v) is 16.3. The molecule has 1 heterocycles. The van der Waals surface area contributed by atoms with Gasteiger partial charge < -0.3 is 24.4 Å². The van der Waals surface area contributed by atoms with Crippen LogP contribution in [0.5, 0.6) is 17.2 Å². The first-order valence-corrected chi connectivity index (χ1v) is 9.43. The second kappa shape index (κ2) is 10.9. The van der Waals surface area contributed by atoms with Crippen molar-refractivity contribution < 1.29 is 19.0 Å². The number of rotatable bonds is 10. The number of hydrogen-bond donors (Lipinski definition) is 1. The largest absolute Gasteiger partial charge is 0.496 e. The molecule has 1 aliphatic rings. The second-order valence-corrected chi connectivity index (χ2v) is 6.80. The predicted molar refractivity (Wildman–Crippen MR) is 102 cm³/mol. The summed E-state index contributed by atoms with van der Waals surface area (Å²) in [5.74, 6) is 3.03. The van der Waals surface area contributed by atoms with Crippen LogP contribution in [0.2, 0.25) is 0 Å². The number of carbonyl (C=O) groups excluding carboxylic acids is 1. The Bertz CT molecular complexity index is 536. The molecule has 0 atom stereocenters. The molecule has 0 aromatic heterocycles. The predicted octanol–water partition coefficient (Wildman–Crippen LogP) is 2.71. The molecule has 0 bridgehead atoms. The Labute approximate surface area is 156 Å². The number of methoxy groups -OCH3 is 2. The topological polar surface area (TPSA) is 60.0 Å². The molecule has 1 fully saturated rings. The van der Waals surface area contributed by atoms with Crippen molar-refractivity contribution in [3.8, 4) is 17.2 Å². The van der Waals surface area contributed by atoms with E-state index in [4.69, 9.17) is 14.2 Å². The van der Waals surface area contributed by atoms with Gasteiger partial charge in [0.1, 0.15) is 17.2 Å². The van der Waals surface area contributed by atoms with Crippen LogP contribution < -0.4 is 19.5 Å². The van der Waals surface area contributed by atoms with Gasteiger partial charge in [0.2, 0.25) is 5.91 Å². The monoisotopic (exact) mass is 364 g/mol. The van der Waals surface area contributed by atoms with Crippen molar-refractivity contribution in [2.45, 2.75) is 32.1 Å². The molecule has 1 aromatic rings. The molecule has 6 heteroatoms. The SMILES string of the molecule is COc1cc(OC)cc(OCCCN(C)C(=O)CCC2CCNCC2)c1. The fraction of sp³-hybridized carbons (Fsp3) is 0.650. The van der Waals surface area contributed by atoms with Gasteiger partial charge in [0.15, 0.2) is 0 Å². The van der Waals surface area contributed by atoms with Crippen molar-refractivity contribution >= 4 is 5.91 Å². The van der Waals surface area contributed by atoms with Gasteiger partial charge in [0, 0.05) is 38.2 Å². The highest BCUT2D eigenvalue weighted by Crippen LogP contribution is 2.27. The number of nitrogens with one attached hydrogen (secondary N) is 1. The van der Waals surface area contributed by atoms with E-state index in [2.05, 4.69) is 5.32 Å². The van der Waals surface area contributed by atoms with Crippen LogP contribution in [-0.4, -0.2) is 58.3 Å². The molecule has 1 N–H and O–H groups in total. The zero-order valence-electron chi connectivity index (χ0n) is 16.3. The Balaban J connectivity index is 1.66. The Morgan fingerprint density at radius 1 is 1.12 bits per heavy atom. The highest BCUT2D eigenvalue weighted by Gasteiger charge is 2.16. The van der Waals surface area contributed by atoms with Gasteiger partial charge in [0.25, 0.3) is 0 Å². The lowest BCUT2D eigenvalue weighted by atomic mass is 9.93. The van der Waals surface area contributed by atoms with Crippen molar-refractivity contribution in [1.82, 2.24) is 10.2 Å². The average Bonchev–Trinajstić information content (AvgIpc) is 2.69. The van der Waals surface area contributed by atoms with E-state index >= 15 is 0 Å². The van der Waals surface area contributed by atoms with E-state index in [1.54, 1.807) is 14.2 Å². The fourth-order valence-corrected chi connectivity index (χ4v) is 3.17. The summed E-state index contributed by atoms with van der Waals surface area (Å²) in [6.45, 7) is 3.41. The van der Waals surface area contributed by atoms with E-state index in [-0.39, 0.29) is 5.91 Å². The Morgan fingerprint density at radius 2 is 1.73 bits per heavy atom. The van der Waals surface area contributed by atoms with Crippen LogP contribution in [-0.2, 0) is 4.79 Å². The first-order chi connectivity index (χ1) is 12.6. The summed E-state index contributed by atoms with van der Waals surface area (Å²) in [4.78, 5) is 14.1. The summed E-state index contributed by atoms with van der Waals surface area (Å²) in [7, 11) is 5.10. The minimum Gasteiger partial charge on any atom is -0.496 e. The maximum Gasteiger partial charge on any atom is 0.222 e. The average molecular weight is 364 g/mol. The van der Waals surface area contributed by atoms with E-state index in [0.717, 1.165) is 25.9 Å². The lowest BCUT2D eigenvalue weighted by molar-refractivity contribution is -0.130. The summed E-state index contributed by atoms with van der Waals surface area (Å²) >= 11 is 0. The molecule has 1 aromatic carbocycles. The van der Waals surface area contributed by atoms with Gasteiger partial charge in [-0.2, -0.15) is 0 Å². The molecule has 1 saturated heterocycles. The lowest BCUT2D eigenvalue weighted by Gasteiger charge is -2.23. The molecule has 0 aliphatic carbocycles. The summed E-state index contributed by atoms with van der Waals surface area (Å²) in [6.07, 6.45) is 4.82. The molecule has 0 unspecified atom stereocenters. The van der Waals surface area contributed by atoms with E-state index in [1.165, 1.54) is 12.8 Å². The third-order valence-electron chi connectivity index (χ3n) is 4.88. The quantitative estimate of drug-likeness (QED) is 0.647. The highest BCUT2D eigenvalue weighted by atomic mass is 16.5. The van der Waals surface area contributed by atoms with Crippen LogP contribution in [0.4, 0.5) is 0 Å². The van der Waals surface area contributed by atoms with Gasteiger partial charge in [0.05, 0.1) is 20.8 Å². The normalized spacial score (nSPS) is 14.7. The first-order valence-electron chi connectivity index (χ1n) is 9.43. The number of piperidine rings is 1. The van der Waals surface area contributed by atoms with E-state index in [9.17, 15) is 4.79 Å².